The Kier molecular flexibility index (Phi) is 6.20. The predicted octanol–water partition coefficient (Wildman–Crippen LogP) is 4.74. The van der Waals surface area contributed by atoms with Crippen molar-refractivity contribution in [2.24, 2.45) is 5.92 Å². The van der Waals surface area contributed by atoms with Gasteiger partial charge in [0, 0.05) is 17.7 Å². The van der Waals surface area contributed by atoms with Gasteiger partial charge in [-0.1, -0.05) is 13.8 Å². The monoisotopic (exact) mass is 412 g/mol. The van der Waals surface area contributed by atoms with Gasteiger partial charge in [-0.25, -0.2) is 0 Å². The molecule has 2 aromatic carbocycles. The molecule has 0 spiro atoms. The van der Waals surface area contributed by atoms with E-state index in [-0.39, 0.29) is 28.2 Å². The molecule has 0 aliphatic heterocycles. The summed E-state index contributed by atoms with van der Waals surface area (Å²) >= 11 is 0. The minimum absolute atomic E-state index is 0.0104. The fraction of sp³-hybridized carbons (Fsp3) is 0.261. The standard InChI is InChI=1S/C23H24O7/c1-13(2)8-9-29-15-11-16(24)20-19(12-15)30-22(23(28-5)21(20)25)14-6-7-17(26-3)18(10-14)27-4/h6-13,24H,1-5H3. The molecule has 3 aromatic rings. The molecule has 0 aliphatic carbocycles. The molecule has 7 nitrogen and oxygen atoms in total. The van der Waals surface area contributed by atoms with Gasteiger partial charge in [0.1, 0.15) is 22.5 Å². The minimum atomic E-state index is -0.495. The van der Waals surface area contributed by atoms with E-state index in [1.807, 2.05) is 19.9 Å². The maximum Gasteiger partial charge on any atom is 0.239 e. The fourth-order valence-electron chi connectivity index (χ4n) is 2.95. The van der Waals surface area contributed by atoms with Crippen LogP contribution < -0.4 is 24.4 Å². The number of allylic oxidation sites excluding steroid dienone is 1. The average Bonchev–Trinajstić information content (AvgIpc) is 2.72. The Bertz CT molecular complexity index is 1140. The molecular formula is C23H24O7. The van der Waals surface area contributed by atoms with Crippen LogP contribution in [0.2, 0.25) is 0 Å². The SMILES string of the molecule is COc1ccc(-c2oc3cc(OC=CC(C)C)cc(O)c3c(=O)c2OC)cc1OC. The first-order valence-corrected chi connectivity index (χ1v) is 9.33. The first-order valence-electron chi connectivity index (χ1n) is 9.33. The molecule has 0 aliphatic rings. The first-order chi connectivity index (χ1) is 14.4. The van der Waals surface area contributed by atoms with Gasteiger partial charge in [0.15, 0.2) is 17.3 Å². The molecule has 1 heterocycles. The largest absolute Gasteiger partial charge is 0.507 e. The lowest BCUT2D eigenvalue weighted by Crippen LogP contribution is -2.08. The van der Waals surface area contributed by atoms with E-state index in [0.717, 1.165) is 0 Å². The summed E-state index contributed by atoms with van der Waals surface area (Å²) in [5.41, 5.74) is 0.220. The van der Waals surface area contributed by atoms with E-state index >= 15 is 0 Å². The summed E-state index contributed by atoms with van der Waals surface area (Å²) in [6.07, 6.45) is 3.39. The normalized spacial score (nSPS) is 11.3. The van der Waals surface area contributed by atoms with Gasteiger partial charge in [0.25, 0.3) is 0 Å². The number of hydrogen-bond donors (Lipinski definition) is 1. The molecule has 7 heteroatoms. The summed E-state index contributed by atoms with van der Waals surface area (Å²) in [6.45, 7) is 4.02. The molecule has 0 amide bonds. The number of fused-ring (bicyclic) bond motifs is 1. The Balaban J connectivity index is 2.20. The third-order valence-electron chi connectivity index (χ3n) is 4.42. The van der Waals surface area contributed by atoms with E-state index in [0.29, 0.717) is 28.7 Å². The van der Waals surface area contributed by atoms with Gasteiger partial charge in [-0.3, -0.25) is 4.79 Å². The van der Waals surface area contributed by atoms with E-state index < -0.39 is 5.43 Å². The van der Waals surface area contributed by atoms with E-state index in [2.05, 4.69) is 0 Å². The van der Waals surface area contributed by atoms with Gasteiger partial charge < -0.3 is 28.5 Å². The second-order valence-electron chi connectivity index (χ2n) is 6.87. The van der Waals surface area contributed by atoms with Crippen LogP contribution in [0.15, 0.2) is 51.9 Å². The van der Waals surface area contributed by atoms with Crippen molar-refractivity contribution in [3.05, 3.63) is 52.9 Å². The van der Waals surface area contributed by atoms with E-state index in [9.17, 15) is 9.90 Å². The molecule has 0 unspecified atom stereocenters. The highest BCUT2D eigenvalue weighted by atomic mass is 16.5. The van der Waals surface area contributed by atoms with Gasteiger partial charge in [-0.2, -0.15) is 0 Å². The van der Waals surface area contributed by atoms with Crippen LogP contribution in [0.25, 0.3) is 22.3 Å². The van der Waals surface area contributed by atoms with Crippen molar-refractivity contribution in [1.29, 1.82) is 0 Å². The number of rotatable bonds is 7. The van der Waals surface area contributed by atoms with Crippen molar-refractivity contribution < 1.29 is 28.5 Å². The predicted molar refractivity (Wildman–Crippen MR) is 114 cm³/mol. The van der Waals surface area contributed by atoms with Crippen molar-refractivity contribution in [3.8, 4) is 40.1 Å². The maximum atomic E-state index is 13.0. The van der Waals surface area contributed by atoms with Crippen LogP contribution in [0.1, 0.15) is 13.8 Å². The van der Waals surface area contributed by atoms with Crippen LogP contribution in [0, 0.1) is 5.92 Å². The Labute approximate surface area is 174 Å². The average molecular weight is 412 g/mol. The molecule has 0 saturated carbocycles. The summed E-state index contributed by atoms with van der Waals surface area (Å²) in [5, 5.41) is 10.4. The third-order valence-corrected chi connectivity index (χ3v) is 4.42. The highest BCUT2D eigenvalue weighted by Gasteiger charge is 2.21. The zero-order chi connectivity index (χ0) is 21.8. The fourth-order valence-corrected chi connectivity index (χ4v) is 2.95. The Morgan fingerprint density at radius 1 is 1.00 bits per heavy atom. The highest BCUT2D eigenvalue weighted by molar-refractivity contribution is 5.88. The number of phenols is 1. The number of ether oxygens (including phenoxy) is 4. The summed E-state index contributed by atoms with van der Waals surface area (Å²) in [4.78, 5) is 13.0. The molecule has 0 saturated heterocycles. The number of phenolic OH excluding ortho intramolecular Hbond substituents is 1. The van der Waals surface area contributed by atoms with Crippen molar-refractivity contribution in [2.45, 2.75) is 13.8 Å². The maximum absolute atomic E-state index is 13.0. The molecule has 1 N–H and O–H groups in total. The lowest BCUT2D eigenvalue weighted by Gasteiger charge is -2.13. The second-order valence-corrected chi connectivity index (χ2v) is 6.87. The van der Waals surface area contributed by atoms with Crippen LogP contribution in [0.4, 0.5) is 0 Å². The smallest absolute Gasteiger partial charge is 0.239 e. The van der Waals surface area contributed by atoms with E-state index in [1.54, 1.807) is 24.3 Å². The topological polar surface area (TPSA) is 87.4 Å². The molecule has 0 bridgehead atoms. The minimum Gasteiger partial charge on any atom is -0.507 e. The Hall–Kier alpha value is -3.61. The summed E-state index contributed by atoms with van der Waals surface area (Å²) in [6, 6.07) is 8.01. The molecule has 30 heavy (non-hydrogen) atoms. The molecule has 3 rings (SSSR count). The van der Waals surface area contributed by atoms with E-state index in [4.69, 9.17) is 23.4 Å². The Morgan fingerprint density at radius 2 is 1.73 bits per heavy atom. The Morgan fingerprint density at radius 3 is 2.37 bits per heavy atom. The summed E-state index contributed by atoms with van der Waals surface area (Å²) < 4.78 is 27.4. The highest BCUT2D eigenvalue weighted by Crippen LogP contribution is 2.38. The van der Waals surface area contributed by atoms with Crippen LogP contribution in [-0.2, 0) is 0 Å². The molecular weight excluding hydrogens is 388 g/mol. The van der Waals surface area contributed by atoms with Crippen LogP contribution >= 0.6 is 0 Å². The van der Waals surface area contributed by atoms with Crippen LogP contribution in [-0.4, -0.2) is 26.4 Å². The van der Waals surface area contributed by atoms with Crippen molar-refractivity contribution in [3.63, 3.8) is 0 Å². The van der Waals surface area contributed by atoms with E-state index in [1.165, 1.54) is 33.7 Å². The van der Waals surface area contributed by atoms with Crippen LogP contribution in [0.5, 0.6) is 28.7 Å². The number of benzene rings is 2. The zero-order valence-electron chi connectivity index (χ0n) is 17.5. The third kappa shape index (κ3) is 4.05. The zero-order valence-corrected chi connectivity index (χ0v) is 17.5. The number of hydrogen-bond acceptors (Lipinski definition) is 7. The van der Waals surface area contributed by atoms with Gasteiger partial charge >= 0.3 is 0 Å². The molecule has 0 radical (unpaired) electrons. The van der Waals surface area contributed by atoms with Crippen molar-refractivity contribution >= 4 is 11.0 Å². The molecule has 1 aromatic heterocycles. The first kappa shape index (κ1) is 21.1. The molecule has 158 valence electrons. The van der Waals surface area contributed by atoms with Gasteiger partial charge in [-0.05, 0) is 30.2 Å². The number of methoxy groups -OCH3 is 3. The van der Waals surface area contributed by atoms with Crippen molar-refractivity contribution in [2.75, 3.05) is 21.3 Å². The second kappa shape index (κ2) is 8.82. The molecule has 0 fully saturated rings. The lowest BCUT2D eigenvalue weighted by atomic mass is 10.1. The van der Waals surface area contributed by atoms with Crippen molar-refractivity contribution in [1.82, 2.24) is 0 Å². The molecule has 0 atom stereocenters. The summed E-state index contributed by atoms with van der Waals surface area (Å²) in [5.74, 6) is 1.56. The van der Waals surface area contributed by atoms with Crippen LogP contribution in [0.3, 0.4) is 0 Å². The number of aromatic hydroxyl groups is 1. The quantitative estimate of drug-likeness (QED) is 0.561. The lowest BCUT2D eigenvalue weighted by molar-refractivity contribution is 0.355. The summed E-state index contributed by atoms with van der Waals surface area (Å²) in [7, 11) is 4.42. The van der Waals surface area contributed by atoms with Gasteiger partial charge in [0.2, 0.25) is 11.2 Å². The van der Waals surface area contributed by atoms with Gasteiger partial charge in [-0.15, -0.1) is 0 Å². The van der Waals surface area contributed by atoms with Gasteiger partial charge in [0.05, 0.1) is 27.6 Å².